The van der Waals surface area contributed by atoms with E-state index in [4.69, 9.17) is 5.14 Å². The fourth-order valence-corrected chi connectivity index (χ4v) is 2.30. The van der Waals surface area contributed by atoms with E-state index < -0.39 is 10.0 Å². The fourth-order valence-electron chi connectivity index (χ4n) is 1.21. The predicted molar refractivity (Wildman–Crippen MR) is 74.1 cm³/mol. The van der Waals surface area contributed by atoms with Gasteiger partial charge in [-0.3, -0.25) is 4.79 Å². The van der Waals surface area contributed by atoms with Crippen molar-refractivity contribution in [2.24, 2.45) is 5.14 Å². The van der Waals surface area contributed by atoms with Crippen LogP contribution in [0.1, 0.15) is 16.8 Å². The summed E-state index contributed by atoms with van der Waals surface area (Å²) in [4.78, 5) is 11.6. The summed E-state index contributed by atoms with van der Waals surface area (Å²) < 4.78 is 22.3. The quantitative estimate of drug-likeness (QED) is 0.592. The van der Waals surface area contributed by atoms with E-state index >= 15 is 0 Å². The molecule has 0 saturated carbocycles. The van der Waals surface area contributed by atoms with Crippen molar-refractivity contribution in [2.45, 2.75) is 6.42 Å². The third kappa shape index (κ3) is 5.99. The van der Waals surface area contributed by atoms with E-state index in [0.717, 1.165) is 3.57 Å². The van der Waals surface area contributed by atoms with Crippen LogP contribution in [0, 0.1) is 3.57 Å². The monoisotopic (exact) mass is 368 g/mol. The molecule has 0 fully saturated rings. The molecule has 7 heteroatoms. The van der Waals surface area contributed by atoms with Gasteiger partial charge in [0.25, 0.3) is 5.91 Å². The first-order valence-electron chi connectivity index (χ1n) is 4.93. The first-order valence-corrected chi connectivity index (χ1v) is 7.72. The molecule has 5 nitrogen and oxygen atoms in total. The van der Waals surface area contributed by atoms with E-state index in [9.17, 15) is 13.2 Å². The molecule has 0 spiro atoms. The highest BCUT2D eigenvalue weighted by atomic mass is 127. The molecule has 1 amide bonds. The average molecular weight is 368 g/mol. The number of halogens is 1. The molecule has 0 atom stereocenters. The lowest BCUT2D eigenvalue weighted by molar-refractivity contribution is 0.0953. The molecule has 0 unspecified atom stereocenters. The van der Waals surface area contributed by atoms with Gasteiger partial charge in [-0.25, -0.2) is 13.6 Å². The molecule has 0 bridgehead atoms. The van der Waals surface area contributed by atoms with Crippen LogP contribution in [0.25, 0.3) is 0 Å². The van der Waals surface area contributed by atoms with Crippen molar-refractivity contribution in [2.75, 3.05) is 12.3 Å². The van der Waals surface area contributed by atoms with Gasteiger partial charge in [0.2, 0.25) is 10.0 Å². The maximum Gasteiger partial charge on any atom is 0.251 e. The number of carbonyl (C=O) groups is 1. The summed E-state index contributed by atoms with van der Waals surface area (Å²) in [5.41, 5.74) is 0.563. The summed E-state index contributed by atoms with van der Waals surface area (Å²) >= 11 is 2.12. The van der Waals surface area contributed by atoms with Crippen LogP contribution in [-0.4, -0.2) is 26.6 Å². The Balaban J connectivity index is 2.41. The van der Waals surface area contributed by atoms with Crippen molar-refractivity contribution in [3.8, 4) is 0 Å². The van der Waals surface area contributed by atoms with E-state index in [1.807, 2.05) is 6.07 Å². The largest absolute Gasteiger partial charge is 0.352 e. The van der Waals surface area contributed by atoms with Crippen LogP contribution in [0.5, 0.6) is 0 Å². The van der Waals surface area contributed by atoms with Gasteiger partial charge in [-0.05, 0) is 47.2 Å². The van der Waals surface area contributed by atoms with Crippen LogP contribution in [0.2, 0.25) is 0 Å². The minimum atomic E-state index is -3.45. The summed E-state index contributed by atoms with van der Waals surface area (Å²) in [6.45, 7) is 0.292. The number of primary sulfonamides is 1. The van der Waals surface area contributed by atoms with Crippen LogP contribution in [0.3, 0.4) is 0 Å². The zero-order chi connectivity index (χ0) is 12.9. The second kappa shape index (κ2) is 6.31. The molecule has 94 valence electrons. The molecule has 0 aromatic heterocycles. The molecule has 0 saturated heterocycles. The van der Waals surface area contributed by atoms with Crippen molar-refractivity contribution >= 4 is 38.5 Å². The number of amides is 1. The number of sulfonamides is 1. The highest BCUT2D eigenvalue weighted by Gasteiger charge is 2.06. The van der Waals surface area contributed by atoms with Gasteiger partial charge in [0.1, 0.15) is 0 Å². The SMILES string of the molecule is NS(=O)(=O)CCCNC(=O)c1cccc(I)c1. The minimum absolute atomic E-state index is 0.125. The third-order valence-corrected chi connectivity index (χ3v) is 3.51. The Morgan fingerprint density at radius 1 is 1.41 bits per heavy atom. The Hall–Kier alpha value is -0.670. The van der Waals surface area contributed by atoms with Gasteiger partial charge >= 0.3 is 0 Å². The van der Waals surface area contributed by atoms with Gasteiger partial charge in [-0.15, -0.1) is 0 Å². The molecule has 0 aliphatic heterocycles. The Kier molecular flexibility index (Phi) is 5.34. The smallest absolute Gasteiger partial charge is 0.251 e. The molecular formula is C10H13IN2O3S. The second-order valence-corrected chi connectivity index (χ2v) is 6.47. The van der Waals surface area contributed by atoms with E-state index in [0.29, 0.717) is 18.5 Å². The Labute approximate surface area is 114 Å². The van der Waals surface area contributed by atoms with Gasteiger partial charge in [0.05, 0.1) is 5.75 Å². The Bertz CT molecular complexity index is 502. The van der Waals surface area contributed by atoms with Gasteiger partial charge < -0.3 is 5.32 Å². The zero-order valence-corrected chi connectivity index (χ0v) is 12.0. The lowest BCUT2D eigenvalue weighted by Gasteiger charge is -2.04. The molecule has 0 aliphatic rings. The van der Waals surface area contributed by atoms with Crippen LogP contribution in [0.4, 0.5) is 0 Å². The molecule has 3 N–H and O–H groups in total. The van der Waals surface area contributed by atoms with Crippen molar-refractivity contribution in [1.82, 2.24) is 5.32 Å². The summed E-state index contributed by atoms with van der Waals surface area (Å²) in [7, 11) is -3.45. The van der Waals surface area contributed by atoms with E-state index in [-0.39, 0.29) is 11.7 Å². The molecule has 0 aliphatic carbocycles. The van der Waals surface area contributed by atoms with Crippen LogP contribution >= 0.6 is 22.6 Å². The van der Waals surface area contributed by atoms with Crippen LogP contribution in [-0.2, 0) is 10.0 Å². The summed E-state index contributed by atoms with van der Waals surface area (Å²) in [6, 6.07) is 7.14. The molecule has 0 radical (unpaired) electrons. The number of rotatable bonds is 5. The van der Waals surface area contributed by atoms with Crippen molar-refractivity contribution in [3.05, 3.63) is 33.4 Å². The van der Waals surface area contributed by atoms with Crippen molar-refractivity contribution < 1.29 is 13.2 Å². The first-order chi connectivity index (χ1) is 7.88. The molecular weight excluding hydrogens is 355 g/mol. The highest BCUT2D eigenvalue weighted by Crippen LogP contribution is 2.07. The summed E-state index contributed by atoms with van der Waals surface area (Å²) in [6.07, 6.45) is 0.314. The minimum Gasteiger partial charge on any atom is -0.352 e. The Morgan fingerprint density at radius 2 is 2.12 bits per heavy atom. The number of nitrogens with two attached hydrogens (primary N) is 1. The lowest BCUT2D eigenvalue weighted by atomic mass is 10.2. The number of carbonyl (C=O) groups excluding carboxylic acids is 1. The molecule has 17 heavy (non-hydrogen) atoms. The topological polar surface area (TPSA) is 89.3 Å². The first kappa shape index (κ1) is 14.4. The van der Waals surface area contributed by atoms with Crippen molar-refractivity contribution in [1.29, 1.82) is 0 Å². The maximum absolute atomic E-state index is 11.6. The lowest BCUT2D eigenvalue weighted by Crippen LogP contribution is -2.27. The summed E-state index contributed by atoms with van der Waals surface area (Å²) in [5.74, 6) is -0.336. The van der Waals surface area contributed by atoms with E-state index in [1.54, 1.807) is 18.2 Å². The number of hydrogen-bond donors (Lipinski definition) is 2. The maximum atomic E-state index is 11.6. The molecule has 1 aromatic rings. The normalized spacial score (nSPS) is 11.2. The standard InChI is InChI=1S/C10H13IN2O3S/c11-9-4-1-3-8(7-9)10(14)13-5-2-6-17(12,15)16/h1,3-4,7H,2,5-6H2,(H,13,14)(H2,12,15,16). The zero-order valence-electron chi connectivity index (χ0n) is 9.02. The van der Waals surface area contributed by atoms with E-state index in [2.05, 4.69) is 27.9 Å². The summed E-state index contributed by atoms with van der Waals surface area (Å²) in [5, 5.41) is 7.48. The predicted octanol–water partition coefficient (Wildman–Crippen LogP) is 0.700. The second-order valence-electron chi connectivity index (χ2n) is 3.49. The Morgan fingerprint density at radius 3 is 2.71 bits per heavy atom. The van der Waals surface area contributed by atoms with Gasteiger partial charge in [-0.1, -0.05) is 6.07 Å². The van der Waals surface area contributed by atoms with Crippen LogP contribution < -0.4 is 10.5 Å². The number of benzene rings is 1. The molecule has 1 aromatic carbocycles. The van der Waals surface area contributed by atoms with Gasteiger partial charge in [0.15, 0.2) is 0 Å². The number of hydrogen-bond acceptors (Lipinski definition) is 3. The van der Waals surface area contributed by atoms with Gasteiger partial charge in [0, 0.05) is 15.7 Å². The highest BCUT2D eigenvalue weighted by molar-refractivity contribution is 14.1. The van der Waals surface area contributed by atoms with Gasteiger partial charge in [-0.2, -0.15) is 0 Å². The molecule has 1 rings (SSSR count). The average Bonchev–Trinajstić information content (AvgIpc) is 2.23. The van der Waals surface area contributed by atoms with E-state index in [1.165, 1.54) is 0 Å². The van der Waals surface area contributed by atoms with Crippen molar-refractivity contribution in [3.63, 3.8) is 0 Å². The number of nitrogens with one attached hydrogen (secondary N) is 1. The fraction of sp³-hybridized carbons (Fsp3) is 0.300. The third-order valence-electron chi connectivity index (χ3n) is 1.98. The van der Waals surface area contributed by atoms with Crippen LogP contribution in [0.15, 0.2) is 24.3 Å². The molecule has 0 heterocycles.